The van der Waals surface area contributed by atoms with Crippen LogP contribution in [-0.2, 0) is 4.79 Å². The summed E-state index contributed by atoms with van der Waals surface area (Å²) in [5, 5.41) is 0. The van der Waals surface area contributed by atoms with Crippen molar-refractivity contribution in [1.29, 1.82) is 0 Å². The number of thioether (sulfide) groups is 2. The summed E-state index contributed by atoms with van der Waals surface area (Å²) >= 11 is 3.01. The van der Waals surface area contributed by atoms with E-state index >= 15 is 0 Å². The van der Waals surface area contributed by atoms with Crippen LogP contribution >= 0.6 is 23.5 Å². The summed E-state index contributed by atoms with van der Waals surface area (Å²) in [5.41, 5.74) is 0. The molecule has 0 unspecified atom stereocenters. The first-order valence-electron chi connectivity index (χ1n) is 2.94. The first kappa shape index (κ1) is 10.0. The van der Waals surface area contributed by atoms with E-state index in [0.29, 0.717) is 6.42 Å². The lowest BCUT2D eigenvalue weighted by Crippen LogP contribution is -1.93. The fourth-order valence-corrected chi connectivity index (χ4v) is 1.41. The smallest absolute Gasteiger partial charge is 0.246 e. The summed E-state index contributed by atoms with van der Waals surface area (Å²) in [4.78, 5) is 14.6. The van der Waals surface area contributed by atoms with E-state index in [1.165, 1.54) is 23.5 Å². The van der Waals surface area contributed by atoms with Gasteiger partial charge in [0.1, 0.15) is 4.38 Å². The van der Waals surface area contributed by atoms with E-state index in [-0.39, 0.29) is 5.91 Å². The minimum atomic E-state index is -0.0429. The summed E-state index contributed by atoms with van der Waals surface area (Å²) in [7, 11) is 0. The minimum absolute atomic E-state index is 0.0429. The molecule has 1 amide bonds. The second kappa shape index (κ2) is 5.80. The molecule has 0 aliphatic carbocycles. The monoisotopic (exact) mass is 177 g/mol. The van der Waals surface area contributed by atoms with Crippen LogP contribution in [0.5, 0.6) is 0 Å². The molecule has 0 rings (SSSR count). The number of hydrogen-bond acceptors (Lipinski definition) is 3. The van der Waals surface area contributed by atoms with Gasteiger partial charge in [0.15, 0.2) is 0 Å². The van der Waals surface area contributed by atoms with Gasteiger partial charge < -0.3 is 0 Å². The summed E-state index contributed by atoms with van der Waals surface area (Å²) in [6.45, 7) is 1.81. The van der Waals surface area contributed by atoms with Crippen LogP contribution in [0.2, 0.25) is 0 Å². The Bertz CT molecular complexity index is 139. The van der Waals surface area contributed by atoms with Crippen molar-refractivity contribution < 1.29 is 4.79 Å². The highest BCUT2D eigenvalue weighted by atomic mass is 32.2. The molecule has 0 saturated carbocycles. The van der Waals surface area contributed by atoms with Crippen LogP contribution in [0.1, 0.15) is 13.3 Å². The molecule has 58 valence electrons. The molecule has 0 aliphatic rings. The van der Waals surface area contributed by atoms with E-state index in [9.17, 15) is 4.79 Å². The van der Waals surface area contributed by atoms with E-state index in [1.807, 2.05) is 19.4 Å². The van der Waals surface area contributed by atoms with Crippen molar-refractivity contribution in [3.8, 4) is 0 Å². The van der Waals surface area contributed by atoms with E-state index in [1.54, 1.807) is 0 Å². The SMILES string of the molecule is CCC(=O)N=C(SC)SC. The Morgan fingerprint density at radius 1 is 1.40 bits per heavy atom. The number of amides is 1. The zero-order valence-corrected chi connectivity index (χ0v) is 8.01. The molecule has 0 radical (unpaired) electrons. The number of rotatable bonds is 1. The molecule has 2 nitrogen and oxygen atoms in total. The molecule has 0 aromatic carbocycles. The van der Waals surface area contributed by atoms with E-state index in [4.69, 9.17) is 0 Å². The number of carbonyl (C=O) groups is 1. The van der Waals surface area contributed by atoms with Crippen molar-refractivity contribution in [3.63, 3.8) is 0 Å². The van der Waals surface area contributed by atoms with Crippen LogP contribution in [0.3, 0.4) is 0 Å². The third-order valence-corrected chi connectivity index (χ3v) is 2.75. The Kier molecular flexibility index (Phi) is 5.82. The van der Waals surface area contributed by atoms with Crippen LogP contribution in [0.15, 0.2) is 4.99 Å². The predicted octanol–water partition coefficient (Wildman–Crippen LogP) is 2.00. The van der Waals surface area contributed by atoms with Crippen molar-refractivity contribution >= 4 is 33.8 Å². The average molecular weight is 177 g/mol. The van der Waals surface area contributed by atoms with Gasteiger partial charge in [-0.3, -0.25) is 4.79 Å². The van der Waals surface area contributed by atoms with Gasteiger partial charge in [-0.1, -0.05) is 6.92 Å². The summed E-state index contributed by atoms with van der Waals surface area (Å²) in [6.07, 6.45) is 4.32. The third kappa shape index (κ3) is 3.95. The molecule has 0 aromatic heterocycles. The van der Waals surface area contributed by atoms with Crippen molar-refractivity contribution in [1.82, 2.24) is 0 Å². The van der Waals surface area contributed by atoms with Gasteiger partial charge >= 0.3 is 0 Å². The quantitative estimate of drug-likeness (QED) is 0.453. The normalized spacial score (nSPS) is 9.10. The molecular formula is C6H11NOS2. The maximum Gasteiger partial charge on any atom is 0.246 e. The number of carbonyl (C=O) groups excluding carboxylic acids is 1. The minimum Gasteiger partial charge on any atom is -0.273 e. The maximum absolute atomic E-state index is 10.7. The second-order valence-electron chi connectivity index (χ2n) is 1.53. The molecule has 0 saturated heterocycles. The average Bonchev–Trinajstić information content (AvgIpc) is 1.99. The molecule has 0 N–H and O–H groups in total. The van der Waals surface area contributed by atoms with Gasteiger partial charge in [0.25, 0.3) is 0 Å². The van der Waals surface area contributed by atoms with Gasteiger partial charge in [-0.2, -0.15) is 4.99 Å². The molecule has 0 aliphatic heterocycles. The highest BCUT2D eigenvalue weighted by molar-refractivity contribution is 8.38. The standard InChI is InChI=1S/C6H11NOS2/c1-4-5(8)7-6(9-2)10-3/h4H2,1-3H3. The number of nitrogens with zero attached hydrogens (tertiary/aromatic N) is 1. The van der Waals surface area contributed by atoms with Crippen molar-refractivity contribution in [2.24, 2.45) is 4.99 Å². The van der Waals surface area contributed by atoms with Gasteiger partial charge in [-0.05, 0) is 12.5 Å². The lowest BCUT2D eigenvalue weighted by molar-refractivity contribution is -0.117. The molecule has 0 aromatic rings. The van der Waals surface area contributed by atoms with Crippen LogP contribution < -0.4 is 0 Å². The lowest BCUT2D eigenvalue weighted by atomic mass is 10.5. The second-order valence-corrected chi connectivity index (χ2v) is 3.38. The van der Waals surface area contributed by atoms with Gasteiger partial charge in [0.05, 0.1) is 0 Å². The molecule has 0 spiro atoms. The Labute approximate surface area is 69.9 Å². The highest BCUT2D eigenvalue weighted by Gasteiger charge is 1.97. The Morgan fingerprint density at radius 2 is 1.90 bits per heavy atom. The van der Waals surface area contributed by atoms with Gasteiger partial charge in [0.2, 0.25) is 5.91 Å². The van der Waals surface area contributed by atoms with Crippen LogP contribution in [0.4, 0.5) is 0 Å². The Morgan fingerprint density at radius 3 is 2.20 bits per heavy atom. The molecule has 10 heavy (non-hydrogen) atoms. The predicted molar refractivity (Wildman–Crippen MR) is 49.8 cm³/mol. The summed E-state index contributed by atoms with van der Waals surface area (Å²) in [5.74, 6) is -0.0429. The largest absolute Gasteiger partial charge is 0.273 e. The molecule has 4 heteroatoms. The number of aliphatic imine (C=N–C) groups is 1. The van der Waals surface area contributed by atoms with Crippen molar-refractivity contribution in [2.45, 2.75) is 13.3 Å². The topological polar surface area (TPSA) is 29.4 Å². The fourth-order valence-electron chi connectivity index (χ4n) is 0.355. The first-order valence-corrected chi connectivity index (χ1v) is 5.39. The van der Waals surface area contributed by atoms with E-state index in [0.717, 1.165) is 4.38 Å². The molecule has 0 bridgehead atoms. The molecule has 0 fully saturated rings. The zero-order valence-electron chi connectivity index (χ0n) is 6.38. The summed E-state index contributed by atoms with van der Waals surface area (Å²) < 4.78 is 0.840. The van der Waals surface area contributed by atoms with E-state index < -0.39 is 0 Å². The van der Waals surface area contributed by atoms with Crippen LogP contribution in [0, 0.1) is 0 Å². The Balaban J connectivity index is 3.96. The molecule has 0 atom stereocenters. The first-order chi connectivity index (χ1) is 4.74. The fraction of sp³-hybridized carbons (Fsp3) is 0.667. The van der Waals surface area contributed by atoms with Crippen LogP contribution in [0.25, 0.3) is 0 Å². The van der Waals surface area contributed by atoms with Crippen molar-refractivity contribution in [3.05, 3.63) is 0 Å². The lowest BCUT2D eigenvalue weighted by Gasteiger charge is -1.94. The summed E-state index contributed by atoms with van der Waals surface area (Å²) in [6, 6.07) is 0. The van der Waals surface area contributed by atoms with Gasteiger partial charge in [0, 0.05) is 6.42 Å². The third-order valence-electron chi connectivity index (χ3n) is 0.868. The molecular weight excluding hydrogens is 166 g/mol. The molecule has 0 heterocycles. The Hall–Kier alpha value is 0.0400. The van der Waals surface area contributed by atoms with E-state index in [2.05, 4.69) is 4.99 Å². The van der Waals surface area contributed by atoms with Crippen LogP contribution in [-0.4, -0.2) is 22.8 Å². The number of hydrogen-bond donors (Lipinski definition) is 0. The highest BCUT2D eigenvalue weighted by Crippen LogP contribution is 2.10. The zero-order chi connectivity index (χ0) is 7.98. The van der Waals surface area contributed by atoms with Gasteiger partial charge in [-0.25, -0.2) is 0 Å². The maximum atomic E-state index is 10.7. The van der Waals surface area contributed by atoms with Crippen molar-refractivity contribution in [2.75, 3.05) is 12.5 Å². The van der Waals surface area contributed by atoms with Gasteiger partial charge in [-0.15, -0.1) is 23.5 Å².